The number of aliphatic hydroxyl groups excluding tert-OH is 3. The van der Waals surface area contributed by atoms with E-state index in [0.29, 0.717) is 12.8 Å². The second kappa shape index (κ2) is 40.4. The predicted molar refractivity (Wildman–Crippen MR) is 256 cm³/mol. The van der Waals surface area contributed by atoms with Crippen LogP contribution in [0.15, 0.2) is 72.9 Å². The molecular formula is C51H86O12S. The number of hydrogen-bond acceptors (Lipinski definition) is 11. The van der Waals surface area contributed by atoms with Gasteiger partial charge in [0.15, 0.2) is 12.4 Å². The van der Waals surface area contributed by atoms with Crippen molar-refractivity contribution < 1.29 is 56.8 Å². The van der Waals surface area contributed by atoms with Crippen molar-refractivity contribution in [1.82, 2.24) is 0 Å². The van der Waals surface area contributed by atoms with Gasteiger partial charge >= 0.3 is 11.9 Å². The van der Waals surface area contributed by atoms with E-state index in [9.17, 15) is 37.9 Å². The SMILES string of the molecule is CCCCC/C=C/C/C=C/C/C=C/C/C=C/C/C=C/CCC(=O)OC[C@H](CO[C@H]1O[C@H](CS(=O)(=O)O)[C@@H](O)C(O)C1O)OC(=O)CCCCCCCCC/C=C/CCCCCCCC. The molecule has 0 bridgehead atoms. The lowest BCUT2D eigenvalue weighted by Gasteiger charge is -2.40. The van der Waals surface area contributed by atoms with Crippen LogP contribution in [0.4, 0.5) is 0 Å². The number of carbonyl (C=O) groups is 2. The Morgan fingerprint density at radius 1 is 0.531 bits per heavy atom. The Bertz CT molecular complexity index is 1450. The first kappa shape index (κ1) is 59.1. The third-order valence-corrected chi connectivity index (χ3v) is 11.5. The molecule has 0 amide bonds. The maximum Gasteiger partial charge on any atom is 0.306 e. The van der Waals surface area contributed by atoms with E-state index in [-0.39, 0.29) is 19.4 Å². The van der Waals surface area contributed by atoms with Crippen molar-refractivity contribution >= 4 is 22.1 Å². The molecule has 1 aliphatic heterocycles. The van der Waals surface area contributed by atoms with E-state index in [1.54, 1.807) is 0 Å². The van der Waals surface area contributed by atoms with E-state index in [4.69, 9.17) is 18.9 Å². The lowest BCUT2D eigenvalue weighted by atomic mass is 10.00. The number of hydrogen-bond donors (Lipinski definition) is 4. The van der Waals surface area contributed by atoms with Crippen LogP contribution in [-0.4, -0.2) is 96.0 Å². The van der Waals surface area contributed by atoms with Crippen LogP contribution >= 0.6 is 0 Å². The molecule has 0 saturated carbocycles. The average Bonchev–Trinajstić information content (AvgIpc) is 3.26. The predicted octanol–water partition coefficient (Wildman–Crippen LogP) is 10.7. The molecule has 1 rings (SSSR count). The fraction of sp³-hybridized carbons (Fsp3) is 0.725. The van der Waals surface area contributed by atoms with E-state index >= 15 is 0 Å². The number of carbonyl (C=O) groups excluding carboxylic acids is 2. The molecule has 0 aromatic heterocycles. The Morgan fingerprint density at radius 3 is 1.50 bits per heavy atom. The molecule has 12 nitrogen and oxygen atoms in total. The van der Waals surface area contributed by atoms with Gasteiger partial charge in [-0.05, 0) is 77.0 Å². The number of esters is 2. The average molecular weight is 923 g/mol. The van der Waals surface area contributed by atoms with E-state index in [0.717, 1.165) is 64.2 Å². The number of rotatable bonds is 40. The van der Waals surface area contributed by atoms with E-state index in [2.05, 4.69) is 74.6 Å². The Morgan fingerprint density at radius 2 is 0.969 bits per heavy atom. The topological polar surface area (TPSA) is 186 Å². The molecule has 2 unspecified atom stereocenters. The lowest BCUT2D eigenvalue weighted by Crippen LogP contribution is -2.60. The summed E-state index contributed by atoms with van der Waals surface area (Å²) in [5, 5.41) is 30.9. The molecule has 0 aliphatic carbocycles. The van der Waals surface area contributed by atoms with E-state index < -0.39 is 71.2 Å². The number of allylic oxidation sites excluding steroid dienone is 12. The Labute approximate surface area is 387 Å². The minimum Gasteiger partial charge on any atom is -0.462 e. The molecule has 0 spiro atoms. The summed E-state index contributed by atoms with van der Waals surface area (Å²) in [5.41, 5.74) is 0. The Hall–Kier alpha value is -2.91. The third-order valence-electron chi connectivity index (χ3n) is 10.8. The van der Waals surface area contributed by atoms with Crippen LogP contribution in [0.5, 0.6) is 0 Å². The van der Waals surface area contributed by atoms with E-state index in [1.807, 2.05) is 12.2 Å². The van der Waals surface area contributed by atoms with Gasteiger partial charge in [0.05, 0.1) is 6.61 Å². The molecule has 64 heavy (non-hydrogen) atoms. The molecule has 0 aromatic rings. The van der Waals surface area contributed by atoms with Crippen molar-refractivity contribution in [3.63, 3.8) is 0 Å². The summed E-state index contributed by atoms with van der Waals surface area (Å²) in [6.07, 6.45) is 42.4. The maximum absolute atomic E-state index is 12.8. The molecule has 1 heterocycles. The van der Waals surface area contributed by atoms with E-state index in [1.165, 1.54) is 77.0 Å². The molecule has 4 N–H and O–H groups in total. The zero-order valence-electron chi connectivity index (χ0n) is 39.4. The largest absolute Gasteiger partial charge is 0.462 e. The van der Waals surface area contributed by atoms with Crippen LogP contribution in [0.25, 0.3) is 0 Å². The Balaban J connectivity index is 2.47. The molecule has 13 heteroatoms. The fourth-order valence-corrected chi connectivity index (χ4v) is 7.64. The first-order chi connectivity index (χ1) is 31.0. The summed E-state index contributed by atoms with van der Waals surface area (Å²) in [6.45, 7) is 3.66. The molecule has 1 fully saturated rings. The van der Waals surface area contributed by atoms with Gasteiger partial charge in [0.2, 0.25) is 0 Å². The lowest BCUT2D eigenvalue weighted by molar-refractivity contribution is -0.297. The molecule has 368 valence electrons. The summed E-state index contributed by atoms with van der Waals surface area (Å²) in [6, 6.07) is 0. The highest BCUT2D eigenvalue weighted by Crippen LogP contribution is 2.24. The van der Waals surface area contributed by atoms with Crippen molar-refractivity contribution in [3.8, 4) is 0 Å². The molecule has 6 atom stereocenters. The summed E-state index contributed by atoms with van der Waals surface area (Å²) < 4.78 is 54.1. The van der Waals surface area contributed by atoms with Crippen molar-refractivity contribution in [1.29, 1.82) is 0 Å². The first-order valence-corrected chi connectivity index (χ1v) is 26.1. The summed E-state index contributed by atoms with van der Waals surface area (Å²) in [5.74, 6) is -2.10. The zero-order chi connectivity index (χ0) is 46.9. The molecule has 1 saturated heterocycles. The van der Waals surface area contributed by atoms with Crippen LogP contribution < -0.4 is 0 Å². The first-order valence-electron chi connectivity index (χ1n) is 24.5. The third kappa shape index (κ3) is 34.4. The second-order valence-corrected chi connectivity index (χ2v) is 18.3. The normalized spacial score (nSPS) is 20.2. The van der Waals surface area contributed by atoms with Gasteiger partial charge in [-0.2, -0.15) is 8.42 Å². The van der Waals surface area contributed by atoms with Gasteiger partial charge in [0.25, 0.3) is 10.1 Å². The van der Waals surface area contributed by atoms with Gasteiger partial charge in [0.1, 0.15) is 36.8 Å². The highest BCUT2D eigenvalue weighted by molar-refractivity contribution is 7.85. The molecule has 0 radical (unpaired) electrons. The van der Waals surface area contributed by atoms with Gasteiger partial charge < -0.3 is 34.3 Å². The van der Waals surface area contributed by atoms with Gasteiger partial charge in [-0.15, -0.1) is 0 Å². The van der Waals surface area contributed by atoms with Crippen molar-refractivity contribution in [2.45, 2.75) is 218 Å². The highest BCUT2D eigenvalue weighted by atomic mass is 32.2. The summed E-state index contributed by atoms with van der Waals surface area (Å²) >= 11 is 0. The van der Waals surface area contributed by atoms with Crippen LogP contribution in [0.2, 0.25) is 0 Å². The van der Waals surface area contributed by atoms with Crippen molar-refractivity contribution in [2.75, 3.05) is 19.0 Å². The standard InChI is InChI=1S/C51H86O12S/c1-3-5-7-9-11-13-15-17-19-21-22-24-25-27-29-31-33-35-37-39-46(52)60-41-44(42-61-51-50(56)49(55)48(54)45(63-51)43-64(57,58)59)62-47(53)40-38-36-34-32-30-28-26-23-20-18-16-14-12-10-8-6-4-2/h11,13,17-20,22,24,27,29,33,35,44-45,48-51,54-56H,3-10,12,14-16,21,23,25-26,28,30-32,34,36-43H2,1-2H3,(H,57,58,59)/b13-11+,19-17+,20-18+,24-22+,29-27+,35-33+/t44-,45-,48-,49?,50?,51+/m1/s1. The Kier molecular flexibility index (Phi) is 37.3. The molecule has 0 aromatic carbocycles. The summed E-state index contributed by atoms with van der Waals surface area (Å²) in [7, 11) is -4.62. The summed E-state index contributed by atoms with van der Waals surface area (Å²) in [4.78, 5) is 25.4. The molecule has 1 aliphatic rings. The molecular weight excluding hydrogens is 837 g/mol. The number of aliphatic hydroxyl groups is 3. The van der Waals surface area contributed by atoms with Crippen LogP contribution in [0.1, 0.15) is 181 Å². The number of ether oxygens (including phenoxy) is 4. The van der Waals surface area contributed by atoms with Crippen LogP contribution in [0, 0.1) is 0 Å². The zero-order valence-corrected chi connectivity index (χ0v) is 40.2. The minimum absolute atomic E-state index is 0.0917. The minimum atomic E-state index is -4.62. The number of unbranched alkanes of at least 4 members (excludes halogenated alkanes) is 16. The van der Waals surface area contributed by atoms with Gasteiger partial charge in [0, 0.05) is 12.8 Å². The van der Waals surface area contributed by atoms with Crippen LogP contribution in [0.3, 0.4) is 0 Å². The highest BCUT2D eigenvalue weighted by Gasteiger charge is 2.46. The fourth-order valence-electron chi connectivity index (χ4n) is 6.95. The smallest absolute Gasteiger partial charge is 0.306 e. The van der Waals surface area contributed by atoms with Crippen molar-refractivity contribution in [3.05, 3.63) is 72.9 Å². The second-order valence-electron chi connectivity index (χ2n) is 16.8. The van der Waals surface area contributed by atoms with Gasteiger partial charge in [-0.1, -0.05) is 164 Å². The maximum atomic E-state index is 12.8. The monoisotopic (exact) mass is 923 g/mol. The van der Waals surface area contributed by atoms with Crippen molar-refractivity contribution in [2.24, 2.45) is 0 Å². The van der Waals surface area contributed by atoms with Gasteiger partial charge in [-0.3, -0.25) is 14.1 Å². The quantitative estimate of drug-likeness (QED) is 0.0198. The van der Waals surface area contributed by atoms with Gasteiger partial charge in [-0.25, -0.2) is 0 Å². The van der Waals surface area contributed by atoms with Crippen LogP contribution in [-0.2, 0) is 38.7 Å².